The van der Waals surface area contributed by atoms with Gasteiger partial charge in [0.25, 0.3) is 0 Å². The van der Waals surface area contributed by atoms with E-state index in [1.807, 2.05) is 25.1 Å². The Morgan fingerprint density at radius 2 is 2.00 bits per heavy atom. The zero-order valence-electron chi connectivity index (χ0n) is 9.69. The predicted molar refractivity (Wildman–Crippen MR) is 64.1 cm³/mol. The number of rotatable bonds is 6. The minimum atomic E-state index is -0.164. The van der Waals surface area contributed by atoms with Crippen LogP contribution in [-0.4, -0.2) is 12.5 Å². The summed E-state index contributed by atoms with van der Waals surface area (Å²) < 4.78 is 5.24. The maximum absolute atomic E-state index is 11.7. The van der Waals surface area contributed by atoms with Crippen molar-refractivity contribution in [2.75, 3.05) is 6.54 Å². The molecule has 1 rings (SSSR count). The van der Waals surface area contributed by atoms with Crippen LogP contribution in [0.4, 0.5) is 0 Å². The van der Waals surface area contributed by atoms with Crippen LogP contribution in [0, 0.1) is 5.92 Å². The first-order valence-electron chi connectivity index (χ1n) is 5.71. The molecule has 0 aliphatic heterocycles. The summed E-state index contributed by atoms with van der Waals surface area (Å²) in [5.41, 5.74) is 5.40. The molecule has 1 aromatic rings. The molecule has 0 bridgehead atoms. The molecule has 1 atom stereocenters. The molecule has 88 valence electrons. The summed E-state index contributed by atoms with van der Waals surface area (Å²) in [4.78, 5) is 11.7. The molecule has 0 aliphatic carbocycles. The monoisotopic (exact) mass is 221 g/mol. The summed E-state index contributed by atoms with van der Waals surface area (Å²) >= 11 is 0. The van der Waals surface area contributed by atoms with Gasteiger partial charge < -0.3 is 10.5 Å². The van der Waals surface area contributed by atoms with Gasteiger partial charge in [0, 0.05) is 0 Å². The lowest BCUT2D eigenvalue weighted by molar-refractivity contribution is -0.138. The zero-order valence-corrected chi connectivity index (χ0v) is 9.69. The quantitative estimate of drug-likeness (QED) is 0.456. The minimum absolute atomic E-state index is 0.0632. The zero-order chi connectivity index (χ0) is 11.8. The fourth-order valence-electron chi connectivity index (χ4n) is 1.42. The van der Waals surface area contributed by atoms with Crippen LogP contribution in [-0.2, 0) is 4.79 Å². The van der Waals surface area contributed by atoms with Gasteiger partial charge in [-0.25, -0.2) is 0 Å². The second-order valence-electron chi connectivity index (χ2n) is 3.92. The highest BCUT2D eigenvalue weighted by Crippen LogP contribution is 2.14. The molecule has 0 saturated heterocycles. The smallest absolute Gasteiger partial charge is 0.314 e. The Hall–Kier alpha value is -1.35. The first-order chi connectivity index (χ1) is 7.74. The highest BCUT2D eigenvalue weighted by Gasteiger charge is 2.14. The van der Waals surface area contributed by atoms with Crippen LogP contribution in [0.5, 0.6) is 5.75 Å². The van der Waals surface area contributed by atoms with Crippen LogP contribution in [0.1, 0.15) is 26.2 Å². The average Bonchev–Trinajstić information content (AvgIpc) is 2.30. The van der Waals surface area contributed by atoms with E-state index in [1.54, 1.807) is 12.1 Å². The number of unbranched alkanes of at least 4 members (excludes halogenated alkanes) is 1. The Balaban J connectivity index is 2.34. The van der Waals surface area contributed by atoms with Crippen molar-refractivity contribution in [3.63, 3.8) is 0 Å². The molecule has 0 spiro atoms. The normalized spacial score (nSPS) is 12.1. The molecule has 3 heteroatoms. The van der Waals surface area contributed by atoms with E-state index in [0.29, 0.717) is 12.3 Å². The summed E-state index contributed by atoms with van der Waals surface area (Å²) in [6, 6.07) is 9.15. The van der Waals surface area contributed by atoms with Crippen LogP contribution < -0.4 is 10.5 Å². The molecule has 0 amide bonds. The van der Waals surface area contributed by atoms with Crippen molar-refractivity contribution < 1.29 is 9.53 Å². The third-order valence-corrected chi connectivity index (χ3v) is 2.46. The molecule has 2 N–H and O–H groups in total. The van der Waals surface area contributed by atoms with Gasteiger partial charge in [-0.1, -0.05) is 31.5 Å². The summed E-state index contributed by atoms with van der Waals surface area (Å²) in [6.07, 6.45) is 2.77. The van der Waals surface area contributed by atoms with Gasteiger partial charge in [-0.15, -0.1) is 0 Å². The lowest BCUT2D eigenvalue weighted by Crippen LogP contribution is -2.18. The molecular weight excluding hydrogens is 202 g/mol. The van der Waals surface area contributed by atoms with Crippen molar-refractivity contribution in [1.82, 2.24) is 0 Å². The molecule has 0 fully saturated rings. The molecule has 16 heavy (non-hydrogen) atoms. The van der Waals surface area contributed by atoms with E-state index < -0.39 is 0 Å². The van der Waals surface area contributed by atoms with Gasteiger partial charge in [0.15, 0.2) is 0 Å². The summed E-state index contributed by atoms with van der Waals surface area (Å²) in [5.74, 6) is 0.383. The molecule has 0 heterocycles. The van der Waals surface area contributed by atoms with Gasteiger partial charge in [0.05, 0.1) is 5.92 Å². The fraction of sp³-hybridized carbons (Fsp3) is 0.462. The number of para-hydroxylation sites is 1. The Labute approximate surface area is 96.6 Å². The largest absolute Gasteiger partial charge is 0.426 e. The van der Waals surface area contributed by atoms with Crippen LogP contribution in [0.25, 0.3) is 0 Å². The summed E-state index contributed by atoms with van der Waals surface area (Å²) in [7, 11) is 0. The lowest BCUT2D eigenvalue weighted by atomic mass is 10.0. The van der Waals surface area contributed by atoms with Crippen molar-refractivity contribution in [3.05, 3.63) is 30.3 Å². The first kappa shape index (κ1) is 12.7. The number of esters is 1. The number of carbonyl (C=O) groups is 1. The van der Waals surface area contributed by atoms with Crippen molar-refractivity contribution in [2.24, 2.45) is 11.7 Å². The van der Waals surface area contributed by atoms with Gasteiger partial charge >= 0.3 is 5.97 Å². The van der Waals surface area contributed by atoms with E-state index in [4.69, 9.17) is 10.5 Å². The third kappa shape index (κ3) is 4.45. The molecule has 0 aromatic heterocycles. The van der Waals surface area contributed by atoms with Crippen LogP contribution in [0.2, 0.25) is 0 Å². The Bertz CT molecular complexity index is 311. The van der Waals surface area contributed by atoms with Crippen molar-refractivity contribution in [1.29, 1.82) is 0 Å². The highest BCUT2D eigenvalue weighted by molar-refractivity contribution is 5.74. The maximum atomic E-state index is 11.7. The van der Waals surface area contributed by atoms with Gasteiger partial charge in [0.1, 0.15) is 5.75 Å². The molecule has 0 radical (unpaired) electrons. The number of hydrogen-bond acceptors (Lipinski definition) is 3. The van der Waals surface area contributed by atoms with E-state index in [0.717, 1.165) is 19.3 Å². The summed E-state index contributed by atoms with van der Waals surface area (Å²) in [5, 5.41) is 0. The average molecular weight is 221 g/mol. The van der Waals surface area contributed by atoms with Gasteiger partial charge in [-0.3, -0.25) is 4.79 Å². The Morgan fingerprint density at radius 3 is 2.62 bits per heavy atom. The number of carbonyl (C=O) groups excluding carboxylic acids is 1. The van der Waals surface area contributed by atoms with E-state index >= 15 is 0 Å². The van der Waals surface area contributed by atoms with E-state index in [9.17, 15) is 4.79 Å². The van der Waals surface area contributed by atoms with Crippen LogP contribution >= 0.6 is 0 Å². The second kappa shape index (κ2) is 7.01. The first-order valence-corrected chi connectivity index (χ1v) is 5.71. The lowest BCUT2D eigenvalue weighted by Gasteiger charge is -2.10. The predicted octanol–water partition coefficient (Wildman–Crippen LogP) is 2.36. The van der Waals surface area contributed by atoms with Gasteiger partial charge in [-0.2, -0.15) is 0 Å². The van der Waals surface area contributed by atoms with Crippen molar-refractivity contribution in [3.8, 4) is 5.75 Å². The van der Waals surface area contributed by atoms with Gasteiger partial charge in [0.2, 0.25) is 0 Å². The molecule has 1 aromatic carbocycles. The third-order valence-electron chi connectivity index (χ3n) is 2.46. The van der Waals surface area contributed by atoms with E-state index in [2.05, 4.69) is 0 Å². The number of benzene rings is 1. The molecule has 1 unspecified atom stereocenters. The minimum Gasteiger partial charge on any atom is -0.426 e. The van der Waals surface area contributed by atoms with Crippen molar-refractivity contribution >= 4 is 5.97 Å². The molecule has 0 aliphatic rings. The standard InChI is InChI=1S/C13H19NO2/c1-11(7-5-6-10-14)13(15)16-12-8-3-2-4-9-12/h2-4,8-9,11H,5-7,10,14H2,1H3. The van der Waals surface area contributed by atoms with Crippen molar-refractivity contribution in [2.45, 2.75) is 26.2 Å². The number of nitrogens with two attached hydrogens (primary N) is 1. The van der Waals surface area contributed by atoms with E-state index in [1.165, 1.54) is 0 Å². The highest BCUT2D eigenvalue weighted by atomic mass is 16.5. The van der Waals surface area contributed by atoms with Crippen LogP contribution in [0.3, 0.4) is 0 Å². The second-order valence-corrected chi connectivity index (χ2v) is 3.92. The number of ether oxygens (including phenoxy) is 1. The SMILES string of the molecule is CC(CCCCN)C(=O)Oc1ccccc1. The van der Waals surface area contributed by atoms with E-state index in [-0.39, 0.29) is 11.9 Å². The molecule has 0 saturated carbocycles. The molecule has 3 nitrogen and oxygen atoms in total. The Kier molecular flexibility index (Phi) is 5.57. The summed E-state index contributed by atoms with van der Waals surface area (Å²) in [6.45, 7) is 2.57. The topological polar surface area (TPSA) is 52.3 Å². The maximum Gasteiger partial charge on any atom is 0.314 e. The van der Waals surface area contributed by atoms with Gasteiger partial charge in [-0.05, 0) is 31.5 Å². The van der Waals surface area contributed by atoms with Crippen LogP contribution in [0.15, 0.2) is 30.3 Å². The number of hydrogen-bond donors (Lipinski definition) is 1. The Morgan fingerprint density at radius 1 is 1.31 bits per heavy atom. The molecular formula is C13H19NO2. The fourth-order valence-corrected chi connectivity index (χ4v) is 1.42.